The average molecular weight is 425 g/mol. The number of benzene rings is 3. The first-order valence-electron chi connectivity index (χ1n) is 11.2. The Kier molecular flexibility index (Phi) is 7.13. The Balaban J connectivity index is 1.74. The van der Waals surface area contributed by atoms with E-state index in [-0.39, 0.29) is 6.42 Å². The van der Waals surface area contributed by atoms with E-state index in [0.29, 0.717) is 0 Å². The number of carboxylic acid groups (broad SMARTS) is 1. The Bertz CT molecular complexity index is 1140. The number of imidazole rings is 1. The Morgan fingerprint density at radius 2 is 1.22 bits per heavy atom. The molecular formula is C28H28N2O2. The van der Waals surface area contributed by atoms with Gasteiger partial charge < -0.3 is 9.67 Å². The van der Waals surface area contributed by atoms with Gasteiger partial charge in [-0.3, -0.25) is 4.79 Å². The number of hydrogen-bond donors (Lipinski definition) is 1. The lowest BCUT2D eigenvalue weighted by Crippen LogP contribution is -2.04. The summed E-state index contributed by atoms with van der Waals surface area (Å²) < 4.78 is 2.34. The molecule has 0 saturated heterocycles. The van der Waals surface area contributed by atoms with Gasteiger partial charge in [-0.2, -0.15) is 0 Å². The monoisotopic (exact) mass is 424 g/mol. The van der Waals surface area contributed by atoms with E-state index >= 15 is 0 Å². The molecule has 0 aliphatic heterocycles. The standard InChI is InChI=1S/C28H28N2O2/c31-25(32)20-12-1-2-13-21-30-27(23-16-8-4-9-17-23)26(22-14-6-3-7-15-22)29-28(30)24-18-10-5-11-19-24/h3-11,14-19H,1-2,12-13,20-21H2,(H,31,32). The maximum atomic E-state index is 10.8. The third-order valence-corrected chi connectivity index (χ3v) is 5.62. The van der Waals surface area contributed by atoms with Crippen LogP contribution in [0.15, 0.2) is 91.0 Å². The average Bonchev–Trinajstić information content (AvgIpc) is 3.22. The fourth-order valence-corrected chi connectivity index (χ4v) is 4.06. The van der Waals surface area contributed by atoms with E-state index in [2.05, 4.69) is 53.1 Å². The van der Waals surface area contributed by atoms with Crippen molar-refractivity contribution in [3.05, 3.63) is 91.0 Å². The summed E-state index contributed by atoms with van der Waals surface area (Å²) in [7, 11) is 0. The third-order valence-electron chi connectivity index (χ3n) is 5.62. The zero-order valence-corrected chi connectivity index (χ0v) is 18.2. The Hall–Kier alpha value is -3.66. The van der Waals surface area contributed by atoms with Gasteiger partial charge in [0.2, 0.25) is 0 Å². The predicted molar refractivity (Wildman–Crippen MR) is 129 cm³/mol. The summed E-state index contributed by atoms with van der Waals surface area (Å²) in [5, 5.41) is 8.87. The number of aliphatic carboxylic acids is 1. The van der Waals surface area contributed by atoms with Crippen molar-refractivity contribution in [3.8, 4) is 33.9 Å². The minimum atomic E-state index is -0.718. The molecule has 1 aromatic heterocycles. The van der Waals surface area contributed by atoms with Crippen LogP contribution in [-0.4, -0.2) is 20.6 Å². The van der Waals surface area contributed by atoms with Crippen LogP contribution in [0, 0.1) is 0 Å². The Morgan fingerprint density at radius 3 is 1.81 bits per heavy atom. The Labute approximate surface area is 189 Å². The zero-order valence-electron chi connectivity index (χ0n) is 18.2. The molecule has 0 aliphatic carbocycles. The number of nitrogens with zero attached hydrogens (tertiary/aromatic N) is 2. The van der Waals surface area contributed by atoms with Gasteiger partial charge in [0.1, 0.15) is 5.82 Å². The fraction of sp³-hybridized carbons (Fsp3) is 0.214. The quantitative estimate of drug-likeness (QED) is 0.281. The van der Waals surface area contributed by atoms with Crippen LogP contribution < -0.4 is 0 Å². The predicted octanol–water partition coefficient (Wildman–Crippen LogP) is 6.92. The highest BCUT2D eigenvalue weighted by atomic mass is 16.4. The normalized spacial score (nSPS) is 10.9. The van der Waals surface area contributed by atoms with Gasteiger partial charge in [0, 0.05) is 29.7 Å². The molecule has 4 aromatic rings. The van der Waals surface area contributed by atoms with Gasteiger partial charge in [0.15, 0.2) is 0 Å². The highest BCUT2D eigenvalue weighted by Gasteiger charge is 2.20. The van der Waals surface area contributed by atoms with Crippen molar-refractivity contribution >= 4 is 5.97 Å². The summed E-state index contributed by atoms with van der Waals surface area (Å²) in [6.45, 7) is 0.835. The van der Waals surface area contributed by atoms with Gasteiger partial charge in [-0.15, -0.1) is 0 Å². The minimum absolute atomic E-state index is 0.244. The van der Waals surface area contributed by atoms with Gasteiger partial charge in [-0.1, -0.05) is 104 Å². The van der Waals surface area contributed by atoms with Crippen molar-refractivity contribution in [1.29, 1.82) is 0 Å². The fourth-order valence-electron chi connectivity index (χ4n) is 4.06. The molecule has 4 heteroatoms. The molecule has 0 bridgehead atoms. The maximum Gasteiger partial charge on any atom is 0.303 e. The number of rotatable bonds is 10. The molecule has 4 rings (SSSR count). The van der Waals surface area contributed by atoms with Crippen molar-refractivity contribution in [2.24, 2.45) is 0 Å². The summed E-state index contributed by atoms with van der Waals surface area (Å²) in [6.07, 6.45) is 3.87. The van der Waals surface area contributed by atoms with Gasteiger partial charge in [-0.05, 0) is 12.8 Å². The summed E-state index contributed by atoms with van der Waals surface area (Å²) >= 11 is 0. The maximum absolute atomic E-state index is 10.8. The van der Waals surface area contributed by atoms with Crippen LogP contribution in [-0.2, 0) is 11.3 Å². The number of hydrogen-bond acceptors (Lipinski definition) is 2. The van der Waals surface area contributed by atoms with Crippen LogP contribution in [0.25, 0.3) is 33.9 Å². The van der Waals surface area contributed by atoms with Crippen LogP contribution in [0.1, 0.15) is 32.1 Å². The van der Waals surface area contributed by atoms with Crippen LogP contribution in [0.2, 0.25) is 0 Å². The summed E-state index contributed by atoms with van der Waals surface area (Å²) in [5.41, 5.74) is 5.45. The summed E-state index contributed by atoms with van der Waals surface area (Å²) in [5.74, 6) is 0.249. The SMILES string of the molecule is O=C(O)CCCCCCn1c(-c2ccccc2)nc(-c2ccccc2)c1-c1ccccc1. The van der Waals surface area contributed by atoms with Crippen LogP contribution >= 0.6 is 0 Å². The lowest BCUT2D eigenvalue weighted by atomic mass is 10.0. The number of carbonyl (C=O) groups is 1. The van der Waals surface area contributed by atoms with Crippen molar-refractivity contribution in [2.75, 3.05) is 0 Å². The molecule has 0 fully saturated rings. The van der Waals surface area contributed by atoms with Crippen LogP contribution in [0.5, 0.6) is 0 Å². The molecule has 0 amide bonds. The second-order valence-electron chi connectivity index (χ2n) is 7.94. The largest absolute Gasteiger partial charge is 0.481 e. The van der Waals surface area contributed by atoms with E-state index in [1.165, 1.54) is 0 Å². The molecule has 162 valence electrons. The van der Waals surface area contributed by atoms with Crippen LogP contribution in [0.3, 0.4) is 0 Å². The summed E-state index contributed by atoms with van der Waals surface area (Å²) in [6, 6.07) is 31.1. The van der Waals surface area contributed by atoms with Crippen molar-refractivity contribution < 1.29 is 9.90 Å². The molecule has 1 N–H and O–H groups in total. The highest BCUT2D eigenvalue weighted by molar-refractivity contribution is 5.82. The lowest BCUT2D eigenvalue weighted by Gasteiger charge is -2.13. The topological polar surface area (TPSA) is 55.1 Å². The van der Waals surface area contributed by atoms with Gasteiger partial charge in [-0.25, -0.2) is 4.98 Å². The molecule has 0 atom stereocenters. The Morgan fingerprint density at radius 1 is 0.688 bits per heavy atom. The van der Waals surface area contributed by atoms with E-state index < -0.39 is 5.97 Å². The van der Waals surface area contributed by atoms with Crippen LogP contribution in [0.4, 0.5) is 0 Å². The smallest absolute Gasteiger partial charge is 0.303 e. The first kappa shape index (κ1) is 21.6. The van der Waals surface area contributed by atoms with E-state index in [0.717, 1.165) is 66.1 Å². The van der Waals surface area contributed by atoms with Gasteiger partial charge in [0.25, 0.3) is 0 Å². The van der Waals surface area contributed by atoms with E-state index in [9.17, 15) is 4.79 Å². The second-order valence-corrected chi connectivity index (χ2v) is 7.94. The van der Waals surface area contributed by atoms with Gasteiger partial charge in [0.05, 0.1) is 11.4 Å². The number of unbranched alkanes of at least 4 members (excludes halogenated alkanes) is 3. The molecule has 3 aromatic carbocycles. The lowest BCUT2D eigenvalue weighted by molar-refractivity contribution is -0.137. The first-order chi connectivity index (χ1) is 15.7. The molecule has 1 heterocycles. The number of carboxylic acids is 1. The molecule has 0 unspecified atom stereocenters. The van der Waals surface area contributed by atoms with E-state index in [4.69, 9.17) is 10.1 Å². The number of aromatic nitrogens is 2. The first-order valence-corrected chi connectivity index (χ1v) is 11.2. The van der Waals surface area contributed by atoms with Crippen molar-refractivity contribution in [3.63, 3.8) is 0 Å². The molecule has 0 radical (unpaired) electrons. The molecule has 0 spiro atoms. The zero-order chi connectivity index (χ0) is 22.2. The molecule has 4 nitrogen and oxygen atoms in total. The molecular weight excluding hydrogens is 396 g/mol. The van der Waals surface area contributed by atoms with Crippen molar-refractivity contribution in [2.45, 2.75) is 38.6 Å². The van der Waals surface area contributed by atoms with Crippen molar-refractivity contribution in [1.82, 2.24) is 9.55 Å². The highest BCUT2D eigenvalue weighted by Crippen LogP contribution is 2.36. The minimum Gasteiger partial charge on any atom is -0.481 e. The van der Waals surface area contributed by atoms with E-state index in [1.807, 2.05) is 42.5 Å². The molecule has 0 saturated carbocycles. The van der Waals surface area contributed by atoms with Gasteiger partial charge >= 0.3 is 5.97 Å². The molecule has 0 aliphatic rings. The third kappa shape index (κ3) is 5.14. The second kappa shape index (κ2) is 10.6. The summed E-state index contributed by atoms with van der Waals surface area (Å²) in [4.78, 5) is 15.9. The van der Waals surface area contributed by atoms with E-state index in [1.54, 1.807) is 0 Å². The molecule has 32 heavy (non-hydrogen) atoms.